The van der Waals surface area contributed by atoms with Crippen molar-refractivity contribution in [3.8, 4) is 45.6 Å². The van der Waals surface area contributed by atoms with E-state index in [4.69, 9.17) is 8.83 Å². The third kappa shape index (κ3) is 4.21. The Labute approximate surface area is 243 Å². The number of rotatable bonds is 5. The van der Waals surface area contributed by atoms with Gasteiger partial charge in [0.1, 0.15) is 56.4 Å². The number of fused-ring (bicyclic) bond motifs is 2. The molecule has 214 valence electrons. The van der Waals surface area contributed by atoms with E-state index in [-0.39, 0.29) is 61.3 Å². The Hall–Kier alpha value is -5.83. The molecule has 2 heterocycles. The van der Waals surface area contributed by atoms with Crippen LogP contribution in [0.2, 0.25) is 0 Å². The summed E-state index contributed by atoms with van der Waals surface area (Å²) in [5.74, 6) is -1.87. The van der Waals surface area contributed by atoms with Crippen molar-refractivity contribution in [2.75, 3.05) is 0 Å². The number of carbonyl (C=O) groups is 1. The monoisotopic (exact) mass is 576 g/mol. The van der Waals surface area contributed by atoms with Gasteiger partial charge in [-0.15, -0.1) is 0 Å². The SMILES string of the molecule is Cc1c(O)c(C=O)c2oc(-c3ccccc3)c(Cc3c(O)c(C)c4oc(-c5ccccc5)cc(=O)c4c3O)c(=O)c2c1O. The van der Waals surface area contributed by atoms with Gasteiger partial charge in [0.15, 0.2) is 17.3 Å². The van der Waals surface area contributed by atoms with Gasteiger partial charge in [0.2, 0.25) is 5.43 Å². The van der Waals surface area contributed by atoms with Crippen LogP contribution in [0, 0.1) is 13.8 Å². The number of hydrogen-bond acceptors (Lipinski definition) is 9. The summed E-state index contributed by atoms with van der Waals surface area (Å²) in [6, 6.07) is 18.5. The van der Waals surface area contributed by atoms with Gasteiger partial charge in [-0.1, -0.05) is 60.7 Å². The number of aryl methyl sites for hydroxylation is 1. The fourth-order valence-corrected chi connectivity index (χ4v) is 5.35. The summed E-state index contributed by atoms with van der Waals surface area (Å²) < 4.78 is 12.0. The first-order valence-electron chi connectivity index (χ1n) is 13.2. The topological polar surface area (TPSA) is 158 Å². The van der Waals surface area contributed by atoms with Crippen LogP contribution in [-0.4, -0.2) is 26.7 Å². The zero-order valence-electron chi connectivity index (χ0n) is 23.0. The van der Waals surface area contributed by atoms with E-state index in [0.29, 0.717) is 17.4 Å². The standard InChI is InChI=1S/C34H24O9/c1-16-27(37)22(15-35)34-26(29(16)39)31(41)21(33(43-34)19-11-7-4-8-12-19)13-20-28(38)17(2)32-25(30(20)40)23(36)14-24(42-32)18-9-5-3-6-10-18/h3-12,14-15,37-40H,13H2,1-2H3. The lowest BCUT2D eigenvalue weighted by Gasteiger charge is -2.17. The Morgan fingerprint density at radius 3 is 1.93 bits per heavy atom. The van der Waals surface area contributed by atoms with Crippen LogP contribution in [0.4, 0.5) is 0 Å². The number of hydrogen-bond donors (Lipinski definition) is 4. The van der Waals surface area contributed by atoms with Crippen molar-refractivity contribution in [3.63, 3.8) is 0 Å². The summed E-state index contributed by atoms with van der Waals surface area (Å²) in [4.78, 5) is 39.3. The van der Waals surface area contributed by atoms with E-state index < -0.39 is 40.3 Å². The third-order valence-corrected chi connectivity index (χ3v) is 7.67. The maximum Gasteiger partial charge on any atom is 0.200 e. The highest BCUT2D eigenvalue weighted by Gasteiger charge is 2.28. The van der Waals surface area contributed by atoms with Gasteiger partial charge < -0.3 is 29.3 Å². The molecule has 0 aliphatic heterocycles. The Morgan fingerprint density at radius 1 is 0.674 bits per heavy atom. The average molecular weight is 577 g/mol. The Kier molecular flexibility index (Phi) is 6.50. The van der Waals surface area contributed by atoms with Crippen LogP contribution in [0.25, 0.3) is 44.6 Å². The molecule has 4 aromatic carbocycles. The number of phenols is 4. The summed E-state index contributed by atoms with van der Waals surface area (Å²) in [5.41, 5.74) is -1.08. The van der Waals surface area contributed by atoms with E-state index in [1.807, 2.05) is 6.07 Å². The molecule has 0 amide bonds. The zero-order valence-corrected chi connectivity index (χ0v) is 23.0. The molecule has 9 nitrogen and oxygen atoms in total. The number of carbonyl (C=O) groups excluding carboxylic acids is 1. The summed E-state index contributed by atoms with van der Waals surface area (Å²) in [6.45, 7) is 2.86. The van der Waals surface area contributed by atoms with Crippen molar-refractivity contribution in [2.24, 2.45) is 0 Å². The maximum atomic E-state index is 14.1. The van der Waals surface area contributed by atoms with Crippen LogP contribution in [0.15, 0.2) is 85.2 Å². The molecule has 6 aromatic rings. The number of phenolic OH excluding ortho intramolecular Hbond substituents is 4. The molecular weight excluding hydrogens is 552 g/mol. The first kappa shape index (κ1) is 27.3. The van der Waals surface area contributed by atoms with Gasteiger partial charge in [0.05, 0.1) is 0 Å². The van der Waals surface area contributed by atoms with Gasteiger partial charge in [0.25, 0.3) is 0 Å². The Balaban J connectivity index is 1.65. The van der Waals surface area contributed by atoms with Gasteiger partial charge in [-0.05, 0) is 13.8 Å². The molecule has 4 N–H and O–H groups in total. The predicted octanol–water partition coefficient (Wildman–Crippen LogP) is 6.08. The van der Waals surface area contributed by atoms with Crippen molar-refractivity contribution in [1.29, 1.82) is 0 Å². The van der Waals surface area contributed by atoms with Crippen molar-refractivity contribution < 1.29 is 34.1 Å². The van der Waals surface area contributed by atoms with E-state index in [0.717, 1.165) is 0 Å². The van der Waals surface area contributed by atoms with E-state index in [9.17, 15) is 34.8 Å². The lowest BCUT2D eigenvalue weighted by Crippen LogP contribution is -2.14. The van der Waals surface area contributed by atoms with E-state index in [1.165, 1.54) is 19.9 Å². The van der Waals surface area contributed by atoms with Crippen LogP contribution < -0.4 is 10.9 Å². The lowest BCUT2D eigenvalue weighted by molar-refractivity contribution is 0.112. The van der Waals surface area contributed by atoms with Crippen LogP contribution in [-0.2, 0) is 6.42 Å². The highest BCUT2D eigenvalue weighted by atomic mass is 16.3. The van der Waals surface area contributed by atoms with Crippen LogP contribution >= 0.6 is 0 Å². The minimum atomic E-state index is -0.758. The molecular formula is C34H24O9. The normalized spacial score (nSPS) is 11.3. The molecule has 0 radical (unpaired) electrons. The van der Waals surface area contributed by atoms with Crippen molar-refractivity contribution in [3.05, 3.63) is 115 Å². The fraction of sp³-hybridized carbons (Fsp3) is 0.0882. The Bertz CT molecular complexity index is 2210. The lowest BCUT2D eigenvalue weighted by atomic mass is 9.93. The molecule has 9 heteroatoms. The van der Waals surface area contributed by atoms with Crippen LogP contribution in [0.1, 0.15) is 32.6 Å². The Morgan fingerprint density at radius 2 is 1.30 bits per heavy atom. The smallest absolute Gasteiger partial charge is 0.200 e. The van der Waals surface area contributed by atoms with Crippen LogP contribution in [0.3, 0.4) is 0 Å². The molecule has 0 bridgehead atoms. The zero-order chi connectivity index (χ0) is 30.6. The molecule has 0 unspecified atom stereocenters. The minimum Gasteiger partial charge on any atom is -0.507 e. The molecule has 0 saturated carbocycles. The summed E-state index contributed by atoms with van der Waals surface area (Å²) in [7, 11) is 0. The molecule has 0 atom stereocenters. The van der Waals surface area contributed by atoms with Crippen molar-refractivity contribution in [1.82, 2.24) is 0 Å². The molecule has 0 fully saturated rings. The first-order valence-corrected chi connectivity index (χ1v) is 13.2. The maximum absolute atomic E-state index is 14.1. The van der Waals surface area contributed by atoms with Gasteiger partial charge >= 0.3 is 0 Å². The highest BCUT2D eigenvalue weighted by molar-refractivity contribution is 6.02. The number of aldehydes is 1. The van der Waals surface area contributed by atoms with E-state index >= 15 is 0 Å². The number of aromatic hydroxyl groups is 4. The molecule has 0 spiro atoms. The number of benzene rings is 4. The largest absolute Gasteiger partial charge is 0.507 e. The second-order valence-electron chi connectivity index (χ2n) is 10.2. The minimum absolute atomic E-state index is 0.0155. The highest BCUT2D eigenvalue weighted by Crippen LogP contribution is 2.43. The second-order valence-corrected chi connectivity index (χ2v) is 10.2. The molecule has 43 heavy (non-hydrogen) atoms. The van der Waals surface area contributed by atoms with Crippen molar-refractivity contribution in [2.45, 2.75) is 20.3 Å². The molecule has 0 saturated heterocycles. The average Bonchev–Trinajstić information content (AvgIpc) is 3.02. The van der Waals surface area contributed by atoms with Gasteiger partial charge in [-0.2, -0.15) is 0 Å². The van der Waals surface area contributed by atoms with Gasteiger partial charge in [-0.3, -0.25) is 14.4 Å². The molecule has 2 aromatic heterocycles. The molecule has 0 aliphatic rings. The third-order valence-electron chi connectivity index (χ3n) is 7.67. The summed E-state index contributed by atoms with van der Waals surface area (Å²) in [6.07, 6.45) is -0.0958. The summed E-state index contributed by atoms with van der Waals surface area (Å²) >= 11 is 0. The van der Waals surface area contributed by atoms with Crippen molar-refractivity contribution >= 4 is 28.2 Å². The fourth-order valence-electron chi connectivity index (χ4n) is 5.35. The second kappa shape index (κ2) is 10.2. The van der Waals surface area contributed by atoms with Gasteiger partial charge in [0, 0.05) is 45.9 Å². The molecule has 0 aliphatic carbocycles. The predicted molar refractivity (Wildman–Crippen MR) is 160 cm³/mol. The van der Waals surface area contributed by atoms with Gasteiger partial charge in [-0.25, -0.2) is 0 Å². The quantitative estimate of drug-likeness (QED) is 0.179. The first-order chi connectivity index (χ1) is 20.6. The summed E-state index contributed by atoms with van der Waals surface area (Å²) in [5, 5.41) is 43.5. The van der Waals surface area contributed by atoms with Crippen LogP contribution in [0.5, 0.6) is 23.0 Å². The van der Waals surface area contributed by atoms with E-state index in [2.05, 4.69) is 0 Å². The van der Waals surface area contributed by atoms with E-state index in [1.54, 1.807) is 54.6 Å². The molecule has 6 rings (SSSR count).